The number of piperidine rings is 1. The fourth-order valence-electron chi connectivity index (χ4n) is 3.65. The molecule has 2 aromatic rings. The summed E-state index contributed by atoms with van der Waals surface area (Å²) in [7, 11) is 4.47. The summed E-state index contributed by atoms with van der Waals surface area (Å²) in [6.45, 7) is 0.949. The maximum atomic E-state index is 12.9. The Bertz CT molecular complexity index is 945. The van der Waals surface area contributed by atoms with Gasteiger partial charge in [0, 0.05) is 13.1 Å². The summed E-state index contributed by atoms with van der Waals surface area (Å²) in [5, 5.41) is 14.4. The molecule has 0 aliphatic carbocycles. The van der Waals surface area contributed by atoms with Gasteiger partial charge in [0.15, 0.2) is 11.5 Å². The Kier molecular flexibility index (Phi) is 7.36. The zero-order valence-corrected chi connectivity index (χ0v) is 18.5. The molecule has 0 radical (unpaired) electrons. The summed E-state index contributed by atoms with van der Waals surface area (Å²) in [5.74, 6) is 0.508. The SMILES string of the molecule is COc1cc(C(C#N)NC(=O)C2CCCN(C(=O)c3cccs3)C2)cc(OC)c1OC. The van der Waals surface area contributed by atoms with Crippen LogP contribution in [0.2, 0.25) is 0 Å². The van der Waals surface area contributed by atoms with E-state index in [0.717, 1.165) is 6.42 Å². The Balaban J connectivity index is 1.74. The van der Waals surface area contributed by atoms with Gasteiger partial charge in [-0.1, -0.05) is 6.07 Å². The van der Waals surface area contributed by atoms with Crippen LogP contribution in [0.3, 0.4) is 0 Å². The van der Waals surface area contributed by atoms with Gasteiger partial charge in [0.2, 0.25) is 11.7 Å². The van der Waals surface area contributed by atoms with Gasteiger partial charge >= 0.3 is 0 Å². The molecule has 2 atom stereocenters. The number of hydrogen-bond acceptors (Lipinski definition) is 7. The van der Waals surface area contributed by atoms with E-state index in [1.54, 1.807) is 23.1 Å². The first-order valence-corrected chi connectivity index (χ1v) is 10.7. The van der Waals surface area contributed by atoms with Gasteiger partial charge in [-0.2, -0.15) is 5.26 Å². The molecule has 2 amide bonds. The topological polar surface area (TPSA) is 101 Å². The molecule has 1 aliphatic heterocycles. The lowest BCUT2D eigenvalue weighted by Crippen LogP contribution is -2.45. The minimum atomic E-state index is -0.899. The van der Waals surface area contributed by atoms with Crippen molar-refractivity contribution in [2.45, 2.75) is 18.9 Å². The number of ether oxygens (including phenoxy) is 3. The van der Waals surface area contributed by atoms with Gasteiger partial charge in [0.05, 0.1) is 38.2 Å². The predicted molar refractivity (Wildman–Crippen MR) is 116 cm³/mol. The summed E-state index contributed by atoms with van der Waals surface area (Å²) in [5.41, 5.74) is 0.521. The van der Waals surface area contributed by atoms with E-state index in [0.29, 0.717) is 47.2 Å². The molecule has 8 nitrogen and oxygen atoms in total. The highest BCUT2D eigenvalue weighted by molar-refractivity contribution is 7.12. The number of benzene rings is 1. The van der Waals surface area contributed by atoms with Crippen molar-refractivity contribution in [3.8, 4) is 23.3 Å². The maximum Gasteiger partial charge on any atom is 0.263 e. The van der Waals surface area contributed by atoms with Gasteiger partial charge in [-0.3, -0.25) is 9.59 Å². The number of nitrogens with one attached hydrogen (secondary N) is 1. The van der Waals surface area contributed by atoms with E-state index >= 15 is 0 Å². The predicted octanol–water partition coefficient (Wildman–Crippen LogP) is 3.01. The summed E-state index contributed by atoms with van der Waals surface area (Å²) in [6, 6.07) is 8.13. The highest BCUT2D eigenvalue weighted by atomic mass is 32.1. The van der Waals surface area contributed by atoms with Crippen LogP contribution in [-0.4, -0.2) is 51.1 Å². The first-order valence-electron chi connectivity index (χ1n) is 9.85. The molecule has 0 spiro atoms. The third-order valence-corrected chi connectivity index (χ3v) is 6.11. The number of likely N-dealkylation sites (tertiary alicyclic amines) is 1. The van der Waals surface area contributed by atoms with Crippen LogP contribution in [0.15, 0.2) is 29.6 Å². The quantitative estimate of drug-likeness (QED) is 0.706. The number of methoxy groups -OCH3 is 3. The van der Waals surface area contributed by atoms with Crippen LogP contribution in [0.25, 0.3) is 0 Å². The molecular weight excluding hydrogens is 418 g/mol. The zero-order valence-electron chi connectivity index (χ0n) is 17.7. The van der Waals surface area contributed by atoms with Crippen molar-refractivity contribution in [1.29, 1.82) is 5.26 Å². The van der Waals surface area contributed by atoms with Gasteiger partial charge in [0.1, 0.15) is 6.04 Å². The molecule has 3 rings (SSSR count). The van der Waals surface area contributed by atoms with Gasteiger partial charge in [0.25, 0.3) is 5.91 Å². The minimum Gasteiger partial charge on any atom is -0.493 e. The number of nitrogens with zero attached hydrogens (tertiary/aromatic N) is 2. The zero-order chi connectivity index (χ0) is 22.4. The van der Waals surface area contributed by atoms with Crippen molar-refractivity contribution in [3.63, 3.8) is 0 Å². The number of rotatable bonds is 7. The first-order chi connectivity index (χ1) is 15.0. The van der Waals surface area contributed by atoms with E-state index in [1.807, 2.05) is 11.4 Å². The summed E-state index contributed by atoms with van der Waals surface area (Å²) in [4.78, 5) is 28.0. The molecular formula is C22H25N3O5S. The van der Waals surface area contributed by atoms with Crippen molar-refractivity contribution in [2.24, 2.45) is 5.92 Å². The van der Waals surface area contributed by atoms with Crippen LogP contribution in [0.5, 0.6) is 17.2 Å². The number of thiophene rings is 1. The van der Waals surface area contributed by atoms with Crippen molar-refractivity contribution < 1.29 is 23.8 Å². The molecule has 2 unspecified atom stereocenters. The van der Waals surface area contributed by atoms with Crippen LogP contribution >= 0.6 is 11.3 Å². The molecule has 0 bridgehead atoms. The van der Waals surface area contributed by atoms with Crippen molar-refractivity contribution >= 4 is 23.2 Å². The fourth-order valence-corrected chi connectivity index (χ4v) is 4.34. The van der Waals surface area contributed by atoms with Crippen LogP contribution in [-0.2, 0) is 4.79 Å². The van der Waals surface area contributed by atoms with Gasteiger partial charge in [-0.25, -0.2) is 0 Å². The van der Waals surface area contributed by atoms with E-state index in [2.05, 4.69) is 11.4 Å². The van der Waals surface area contributed by atoms with Crippen molar-refractivity contribution in [1.82, 2.24) is 10.2 Å². The Morgan fingerprint density at radius 3 is 2.48 bits per heavy atom. The number of amides is 2. The Labute approximate surface area is 185 Å². The second kappa shape index (κ2) is 10.2. The number of carbonyl (C=O) groups is 2. The molecule has 1 aliphatic rings. The average molecular weight is 444 g/mol. The average Bonchev–Trinajstić information content (AvgIpc) is 3.35. The molecule has 1 aromatic carbocycles. The summed E-state index contributed by atoms with van der Waals surface area (Å²) in [6.07, 6.45) is 1.39. The van der Waals surface area contributed by atoms with Gasteiger partial charge in [-0.15, -0.1) is 11.3 Å². The van der Waals surface area contributed by atoms with Crippen LogP contribution in [0.1, 0.15) is 34.1 Å². The highest BCUT2D eigenvalue weighted by Gasteiger charge is 2.31. The molecule has 0 saturated carbocycles. The molecule has 2 heterocycles. The molecule has 1 saturated heterocycles. The largest absolute Gasteiger partial charge is 0.493 e. The lowest BCUT2D eigenvalue weighted by molar-refractivity contribution is -0.126. The van der Waals surface area contributed by atoms with Crippen LogP contribution in [0.4, 0.5) is 0 Å². The minimum absolute atomic E-state index is 0.0611. The maximum absolute atomic E-state index is 12.9. The van der Waals surface area contributed by atoms with Crippen LogP contribution < -0.4 is 19.5 Å². The third kappa shape index (κ3) is 4.91. The van der Waals surface area contributed by atoms with Gasteiger partial charge in [-0.05, 0) is 42.0 Å². The van der Waals surface area contributed by atoms with Crippen molar-refractivity contribution in [3.05, 3.63) is 40.1 Å². The number of nitriles is 1. The second-order valence-corrected chi connectivity index (χ2v) is 8.04. The molecule has 1 fully saturated rings. The lowest BCUT2D eigenvalue weighted by Gasteiger charge is -2.32. The normalized spacial score (nSPS) is 16.7. The molecule has 164 valence electrons. The first kappa shape index (κ1) is 22.4. The standard InChI is InChI=1S/C22H25N3O5S/c1-28-17-10-15(11-18(29-2)20(17)30-3)16(12-23)24-21(26)14-6-4-8-25(13-14)22(27)19-7-5-9-31-19/h5,7,9-11,14,16H,4,6,8,13H2,1-3H3,(H,24,26). The fraction of sp³-hybridized carbons (Fsp3) is 0.409. The monoisotopic (exact) mass is 443 g/mol. The van der Waals surface area contributed by atoms with Crippen molar-refractivity contribution in [2.75, 3.05) is 34.4 Å². The molecule has 1 N–H and O–H groups in total. The molecule has 9 heteroatoms. The van der Waals surface area contributed by atoms with E-state index in [9.17, 15) is 14.9 Å². The van der Waals surface area contributed by atoms with E-state index in [4.69, 9.17) is 14.2 Å². The smallest absolute Gasteiger partial charge is 0.263 e. The van der Waals surface area contributed by atoms with Gasteiger partial charge < -0.3 is 24.4 Å². The van der Waals surface area contributed by atoms with E-state index in [-0.39, 0.29) is 17.7 Å². The Hall–Kier alpha value is -3.25. The van der Waals surface area contributed by atoms with E-state index in [1.165, 1.54) is 32.7 Å². The number of hydrogen-bond donors (Lipinski definition) is 1. The highest BCUT2D eigenvalue weighted by Crippen LogP contribution is 2.39. The van der Waals surface area contributed by atoms with E-state index < -0.39 is 6.04 Å². The Morgan fingerprint density at radius 2 is 1.94 bits per heavy atom. The van der Waals surface area contributed by atoms with Crippen LogP contribution in [0, 0.1) is 17.2 Å². The molecule has 31 heavy (non-hydrogen) atoms. The molecule has 1 aromatic heterocycles. The Morgan fingerprint density at radius 1 is 1.23 bits per heavy atom. The second-order valence-electron chi connectivity index (χ2n) is 7.10. The summed E-state index contributed by atoms with van der Waals surface area (Å²) < 4.78 is 16.0. The lowest BCUT2D eigenvalue weighted by atomic mass is 9.96. The summed E-state index contributed by atoms with van der Waals surface area (Å²) >= 11 is 1.39. The third-order valence-electron chi connectivity index (χ3n) is 5.25. The number of carbonyl (C=O) groups excluding carboxylic acids is 2.